The minimum Gasteiger partial charge on any atom is -0.495 e. The van der Waals surface area contributed by atoms with Crippen LogP contribution in [0.5, 0.6) is 5.75 Å². The molecule has 20 heavy (non-hydrogen) atoms. The topological polar surface area (TPSA) is 52.0 Å². The van der Waals surface area contributed by atoms with Crippen molar-refractivity contribution in [2.75, 3.05) is 20.2 Å². The van der Waals surface area contributed by atoms with E-state index in [1.54, 1.807) is 13.4 Å². The van der Waals surface area contributed by atoms with E-state index in [9.17, 15) is 0 Å². The number of benzene rings is 1. The van der Waals surface area contributed by atoms with E-state index in [-0.39, 0.29) is 0 Å². The number of nitrogens with one attached hydrogen (secondary N) is 1. The molecule has 1 aromatic heterocycles. The molecule has 0 spiro atoms. The molecule has 1 aliphatic rings. The fraction of sp³-hybridized carbons (Fsp3) is 0.467. The van der Waals surface area contributed by atoms with Gasteiger partial charge in [-0.05, 0) is 44.0 Å². The number of aryl methyl sites for hydroxylation is 1. The highest BCUT2D eigenvalue weighted by atomic mass is 16.5. The molecule has 1 atom stereocenters. The first-order valence-corrected chi connectivity index (χ1v) is 7.05. The fourth-order valence-corrected chi connectivity index (χ4v) is 2.77. The smallest absolute Gasteiger partial charge is 0.142 e. The molecule has 1 N–H and O–H groups in total. The first kappa shape index (κ1) is 13.1. The molecule has 5 nitrogen and oxygen atoms in total. The molecule has 0 saturated carbocycles. The van der Waals surface area contributed by atoms with Crippen LogP contribution in [0.4, 0.5) is 0 Å². The van der Waals surface area contributed by atoms with Crippen molar-refractivity contribution in [1.29, 1.82) is 0 Å². The van der Waals surface area contributed by atoms with Crippen molar-refractivity contribution in [3.8, 4) is 11.4 Å². The normalized spacial score (nSPS) is 19.0. The van der Waals surface area contributed by atoms with E-state index in [0.29, 0.717) is 5.92 Å². The quantitative estimate of drug-likeness (QED) is 0.929. The maximum Gasteiger partial charge on any atom is 0.142 e. The van der Waals surface area contributed by atoms with Gasteiger partial charge < -0.3 is 10.1 Å². The molecular weight excluding hydrogens is 252 g/mol. The van der Waals surface area contributed by atoms with Gasteiger partial charge in [-0.25, -0.2) is 0 Å². The summed E-state index contributed by atoms with van der Waals surface area (Å²) in [5.41, 5.74) is 2.21. The zero-order valence-electron chi connectivity index (χ0n) is 12.0. The van der Waals surface area contributed by atoms with Crippen LogP contribution in [-0.2, 0) is 0 Å². The van der Waals surface area contributed by atoms with Crippen LogP contribution in [0, 0.1) is 6.92 Å². The van der Waals surface area contributed by atoms with Gasteiger partial charge >= 0.3 is 0 Å². The number of hydrogen-bond donors (Lipinski definition) is 1. The molecule has 1 unspecified atom stereocenters. The number of rotatable bonds is 3. The lowest BCUT2D eigenvalue weighted by Crippen LogP contribution is -2.29. The standard InChI is InChI=1S/C15H20N4O/c1-11-5-6-14(20-2)13(8-11)19-10-17-18-15(19)12-4-3-7-16-9-12/h5-6,8,10,12,16H,3-4,7,9H2,1-2H3. The Morgan fingerprint density at radius 3 is 3.05 bits per heavy atom. The molecule has 3 rings (SSSR count). The highest BCUT2D eigenvalue weighted by Gasteiger charge is 2.22. The van der Waals surface area contributed by atoms with Gasteiger partial charge in [-0.3, -0.25) is 4.57 Å². The molecule has 0 bridgehead atoms. The summed E-state index contributed by atoms with van der Waals surface area (Å²) in [5.74, 6) is 2.28. The van der Waals surface area contributed by atoms with Gasteiger partial charge in [-0.15, -0.1) is 10.2 Å². The van der Waals surface area contributed by atoms with Crippen molar-refractivity contribution < 1.29 is 4.74 Å². The van der Waals surface area contributed by atoms with Gasteiger partial charge in [-0.2, -0.15) is 0 Å². The van der Waals surface area contributed by atoms with E-state index >= 15 is 0 Å². The molecule has 2 aromatic rings. The molecule has 1 saturated heterocycles. The maximum absolute atomic E-state index is 5.47. The third kappa shape index (κ3) is 2.41. The molecule has 0 amide bonds. The van der Waals surface area contributed by atoms with Crippen molar-refractivity contribution in [3.63, 3.8) is 0 Å². The SMILES string of the molecule is COc1ccc(C)cc1-n1cnnc1C1CCCNC1. The van der Waals surface area contributed by atoms with E-state index in [0.717, 1.165) is 36.8 Å². The Morgan fingerprint density at radius 2 is 2.30 bits per heavy atom. The number of methoxy groups -OCH3 is 1. The third-order valence-corrected chi connectivity index (χ3v) is 3.83. The van der Waals surface area contributed by atoms with Crippen LogP contribution in [0.25, 0.3) is 5.69 Å². The summed E-state index contributed by atoms with van der Waals surface area (Å²) in [5, 5.41) is 11.9. The molecule has 1 aliphatic heterocycles. The first-order chi connectivity index (χ1) is 9.79. The molecule has 2 heterocycles. The zero-order valence-corrected chi connectivity index (χ0v) is 12.0. The van der Waals surface area contributed by atoms with Gasteiger partial charge in [0.25, 0.3) is 0 Å². The van der Waals surface area contributed by atoms with E-state index in [2.05, 4.69) is 39.1 Å². The second-order valence-electron chi connectivity index (χ2n) is 5.28. The number of hydrogen-bond acceptors (Lipinski definition) is 4. The molecular formula is C15H20N4O. The Hall–Kier alpha value is -1.88. The number of aromatic nitrogens is 3. The Morgan fingerprint density at radius 1 is 1.40 bits per heavy atom. The lowest BCUT2D eigenvalue weighted by molar-refractivity contribution is 0.409. The van der Waals surface area contributed by atoms with Gasteiger partial charge in [0.15, 0.2) is 0 Å². The van der Waals surface area contributed by atoms with Gasteiger partial charge in [-0.1, -0.05) is 6.07 Å². The Bertz CT molecular complexity index is 587. The molecule has 1 fully saturated rings. The van der Waals surface area contributed by atoms with Crippen molar-refractivity contribution >= 4 is 0 Å². The van der Waals surface area contributed by atoms with Crippen LogP contribution in [0.15, 0.2) is 24.5 Å². The van der Waals surface area contributed by atoms with Crippen LogP contribution >= 0.6 is 0 Å². The van der Waals surface area contributed by atoms with Crippen molar-refractivity contribution in [3.05, 3.63) is 35.9 Å². The predicted octanol–water partition coefficient (Wildman–Crippen LogP) is 2.05. The predicted molar refractivity (Wildman–Crippen MR) is 77.5 cm³/mol. The maximum atomic E-state index is 5.47. The van der Waals surface area contributed by atoms with Gasteiger partial charge in [0.05, 0.1) is 12.8 Å². The lowest BCUT2D eigenvalue weighted by atomic mass is 9.98. The highest BCUT2D eigenvalue weighted by molar-refractivity contribution is 5.49. The van der Waals surface area contributed by atoms with E-state index in [1.165, 1.54) is 12.0 Å². The zero-order chi connectivity index (χ0) is 13.9. The third-order valence-electron chi connectivity index (χ3n) is 3.83. The summed E-state index contributed by atoms with van der Waals surface area (Å²) < 4.78 is 7.53. The van der Waals surface area contributed by atoms with Crippen molar-refractivity contribution in [1.82, 2.24) is 20.1 Å². The summed E-state index contributed by atoms with van der Waals surface area (Å²) in [6, 6.07) is 6.16. The van der Waals surface area contributed by atoms with E-state index < -0.39 is 0 Å². The van der Waals surface area contributed by atoms with Gasteiger partial charge in [0.1, 0.15) is 17.9 Å². The summed E-state index contributed by atoms with van der Waals surface area (Å²) in [7, 11) is 1.69. The Labute approximate surface area is 119 Å². The largest absolute Gasteiger partial charge is 0.495 e. The summed E-state index contributed by atoms with van der Waals surface area (Å²) in [6.07, 6.45) is 4.11. The second-order valence-corrected chi connectivity index (χ2v) is 5.28. The molecule has 0 radical (unpaired) electrons. The Kier molecular flexibility index (Phi) is 3.69. The van der Waals surface area contributed by atoms with Crippen LogP contribution in [0.1, 0.15) is 30.1 Å². The van der Waals surface area contributed by atoms with Crippen LogP contribution in [0.3, 0.4) is 0 Å². The lowest BCUT2D eigenvalue weighted by Gasteiger charge is -2.23. The van der Waals surface area contributed by atoms with Crippen LogP contribution in [0.2, 0.25) is 0 Å². The van der Waals surface area contributed by atoms with Crippen LogP contribution < -0.4 is 10.1 Å². The van der Waals surface area contributed by atoms with Crippen LogP contribution in [-0.4, -0.2) is 35.0 Å². The summed E-state index contributed by atoms with van der Waals surface area (Å²) >= 11 is 0. The number of nitrogens with zero attached hydrogens (tertiary/aromatic N) is 3. The summed E-state index contributed by atoms with van der Waals surface area (Å²) in [4.78, 5) is 0. The Balaban J connectivity index is 2.02. The first-order valence-electron chi connectivity index (χ1n) is 7.05. The molecule has 1 aromatic carbocycles. The number of ether oxygens (including phenoxy) is 1. The van der Waals surface area contributed by atoms with Crippen molar-refractivity contribution in [2.45, 2.75) is 25.7 Å². The molecule has 106 valence electrons. The van der Waals surface area contributed by atoms with E-state index in [1.807, 2.05) is 6.07 Å². The second kappa shape index (κ2) is 5.63. The molecule has 5 heteroatoms. The number of piperidine rings is 1. The van der Waals surface area contributed by atoms with Gasteiger partial charge in [0, 0.05) is 12.5 Å². The summed E-state index contributed by atoms with van der Waals surface area (Å²) in [6.45, 7) is 4.14. The minimum atomic E-state index is 0.413. The highest BCUT2D eigenvalue weighted by Crippen LogP contribution is 2.29. The average molecular weight is 272 g/mol. The van der Waals surface area contributed by atoms with Gasteiger partial charge in [0.2, 0.25) is 0 Å². The van der Waals surface area contributed by atoms with E-state index in [4.69, 9.17) is 4.74 Å². The molecule has 0 aliphatic carbocycles. The monoisotopic (exact) mass is 272 g/mol. The fourth-order valence-electron chi connectivity index (χ4n) is 2.77. The average Bonchev–Trinajstić information content (AvgIpc) is 2.97. The minimum absolute atomic E-state index is 0.413. The van der Waals surface area contributed by atoms with Crippen molar-refractivity contribution in [2.24, 2.45) is 0 Å².